The summed E-state index contributed by atoms with van der Waals surface area (Å²) >= 11 is 0. The van der Waals surface area contributed by atoms with Gasteiger partial charge in [0.2, 0.25) is 0 Å². The first kappa shape index (κ1) is 13.9. The first-order valence-electron chi connectivity index (χ1n) is 4.59. The normalized spacial score (nSPS) is 9.20. The molecule has 84 valence electrons. The minimum Gasteiger partial charge on any atom is -0.465 e. The van der Waals surface area contributed by atoms with Crippen molar-refractivity contribution in [3.05, 3.63) is 35.4 Å². The third-order valence-electron chi connectivity index (χ3n) is 2.01. The second-order valence-corrected chi connectivity index (χ2v) is 3.05. The number of hydrogen-bond donors (Lipinski definition) is 1. The van der Waals surface area contributed by atoms with E-state index in [1.54, 1.807) is 6.07 Å². The molecule has 1 rings (SSSR count). The van der Waals surface area contributed by atoms with Crippen LogP contribution < -0.4 is 5.32 Å². The van der Waals surface area contributed by atoms with E-state index in [-0.39, 0.29) is 18.4 Å². The second kappa shape index (κ2) is 7.26. The van der Waals surface area contributed by atoms with Crippen LogP contribution in [-0.4, -0.2) is 26.7 Å². The van der Waals surface area contributed by atoms with Crippen molar-refractivity contribution >= 4 is 18.4 Å². The number of rotatable bonds is 4. The monoisotopic (exact) mass is 229 g/mol. The van der Waals surface area contributed by atoms with Crippen LogP contribution in [-0.2, 0) is 11.2 Å². The Morgan fingerprint density at radius 3 is 2.80 bits per heavy atom. The van der Waals surface area contributed by atoms with E-state index in [1.807, 2.05) is 25.2 Å². The zero-order valence-corrected chi connectivity index (χ0v) is 9.76. The molecule has 0 atom stereocenters. The highest BCUT2D eigenvalue weighted by Crippen LogP contribution is 2.06. The lowest BCUT2D eigenvalue weighted by Gasteiger charge is -2.03. The molecule has 1 N–H and O–H groups in total. The summed E-state index contributed by atoms with van der Waals surface area (Å²) in [6, 6.07) is 7.50. The van der Waals surface area contributed by atoms with Gasteiger partial charge < -0.3 is 10.1 Å². The maximum absolute atomic E-state index is 11.2. The quantitative estimate of drug-likeness (QED) is 0.799. The molecule has 0 aliphatic rings. The van der Waals surface area contributed by atoms with Crippen LogP contribution in [0.1, 0.15) is 15.9 Å². The zero-order chi connectivity index (χ0) is 10.4. The Balaban J connectivity index is 0.00000196. The van der Waals surface area contributed by atoms with Gasteiger partial charge in [0.05, 0.1) is 12.7 Å². The molecule has 0 saturated carbocycles. The molecule has 0 aromatic heterocycles. The number of benzene rings is 1. The van der Waals surface area contributed by atoms with E-state index in [1.165, 1.54) is 7.11 Å². The van der Waals surface area contributed by atoms with Crippen LogP contribution in [0.5, 0.6) is 0 Å². The van der Waals surface area contributed by atoms with E-state index in [2.05, 4.69) is 10.1 Å². The smallest absolute Gasteiger partial charge is 0.337 e. The van der Waals surface area contributed by atoms with Crippen LogP contribution >= 0.6 is 12.4 Å². The Bertz CT molecular complexity index is 315. The van der Waals surface area contributed by atoms with Gasteiger partial charge in [-0.25, -0.2) is 4.79 Å². The maximum Gasteiger partial charge on any atom is 0.337 e. The Morgan fingerprint density at radius 2 is 2.20 bits per heavy atom. The van der Waals surface area contributed by atoms with E-state index < -0.39 is 0 Å². The van der Waals surface area contributed by atoms with Gasteiger partial charge in [0.25, 0.3) is 0 Å². The summed E-state index contributed by atoms with van der Waals surface area (Å²) in [5.41, 5.74) is 1.75. The van der Waals surface area contributed by atoms with E-state index in [9.17, 15) is 4.79 Å². The van der Waals surface area contributed by atoms with Crippen LogP contribution in [0.25, 0.3) is 0 Å². The molecule has 0 aliphatic carbocycles. The molecular weight excluding hydrogens is 214 g/mol. The number of hydrogen-bond acceptors (Lipinski definition) is 3. The van der Waals surface area contributed by atoms with Crippen LogP contribution in [0.3, 0.4) is 0 Å². The zero-order valence-electron chi connectivity index (χ0n) is 8.95. The number of carbonyl (C=O) groups is 1. The van der Waals surface area contributed by atoms with Crippen LogP contribution in [0.15, 0.2) is 24.3 Å². The lowest BCUT2D eigenvalue weighted by Crippen LogP contribution is -2.10. The average Bonchev–Trinajstić information content (AvgIpc) is 2.25. The number of halogens is 1. The summed E-state index contributed by atoms with van der Waals surface area (Å²) in [6.45, 7) is 0.907. The lowest BCUT2D eigenvalue weighted by atomic mass is 10.1. The van der Waals surface area contributed by atoms with Gasteiger partial charge in [-0.15, -0.1) is 12.4 Å². The van der Waals surface area contributed by atoms with E-state index >= 15 is 0 Å². The van der Waals surface area contributed by atoms with Crippen molar-refractivity contribution in [1.29, 1.82) is 0 Å². The first-order chi connectivity index (χ1) is 6.77. The maximum atomic E-state index is 11.2. The predicted octanol–water partition coefficient (Wildman–Crippen LogP) is 1.66. The molecule has 4 heteroatoms. The van der Waals surface area contributed by atoms with Gasteiger partial charge in [-0.3, -0.25) is 0 Å². The largest absolute Gasteiger partial charge is 0.465 e. The van der Waals surface area contributed by atoms with E-state index in [0.29, 0.717) is 5.56 Å². The summed E-state index contributed by atoms with van der Waals surface area (Å²) in [7, 11) is 3.30. The topological polar surface area (TPSA) is 38.3 Å². The van der Waals surface area contributed by atoms with Crippen molar-refractivity contribution in [2.24, 2.45) is 0 Å². The molecule has 0 fully saturated rings. The summed E-state index contributed by atoms with van der Waals surface area (Å²) in [5.74, 6) is -0.281. The molecule has 15 heavy (non-hydrogen) atoms. The molecule has 3 nitrogen and oxygen atoms in total. The molecule has 1 aromatic carbocycles. The number of ether oxygens (including phenoxy) is 1. The van der Waals surface area contributed by atoms with Gasteiger partial charge in [-0.2, -0.15) is 0 Å². The van der Waals surface area contributed by atoms with Gasteiger partial charge in [0.1, 0.15) is 0 Å². The van der Waals surface area contributed by atoms with Crippen LogP contribution in [0.2, 0.25) is 0 Å². The van der Waals surface area contributed by atoms with E-state index in [0.717, 1.165) is 18.5 Å². The summed E-state index contributed by atoms with van der Waals surface area (Å²) in [5, 5.41) is 3.06. The third-order valence-corrected chi connectivity index (χ3v) is 2.01. The minimum absolute atomic E-state index is 0. The van der Waals surface area contributed by atoms with Crippen molar-refractivity contribution in [2.45, 2.75) is 6.42 Å². The number of methoxy groups -OCH3 is 1. The van der Waals surface area contributed by atoms with Crippen molar-refractivity contribution < 1.29 is 9.53 Å². The fourth-order valence-corrected chi connectivity index (χ4v) is 1.24. The Labute approximate surface area is 96.2 Å². The molecule has 0 saturated heterocycles. The van der Waals surface area contributed by atoms with E-state index in [4.69, 9.17) is 0 Å². The molecule has 0 unspecified atom stereocenters. The number of esters is 1. The molecule has 0 aliphatic heterocycles. The van der Waals surface area contributed by atoms with Gasteiger partial charge in [0, 0.05) is 0 Å². The third kappa shape index (κ3) is 4.32. The molecule has 0 spiro atoms. The SMILES string of the molecule is CNCCc1cccc(C(=O)OC)c1.Cl. The molecule has 1 aromatic rings. The van der Waals surface area contributed by atoms with Gasteiger partial charge in [-0.05, 0) is 37.7 Å². The molecule has 0 bridgehead atoms. The molecule has 0 radical (unpaired) electrons. The number of nitrogens with one attached hydrogen (secondary N) is 1. The highest BCUT2D eigenvalue weighted by Gasteiger charge is 2.04. The van der Waals surface area contributed by atoms with Crippen molar-refractivity contribution in [1.82, 2.24) is 5.32 Å². The standard InChI is InChI=1S/C11H15NO2.ClH/c1-12-7-6-9-4-3-5-10(8-9)11(13)14-2;/h3-5,8,12H,6-7H2,1-2H3;1H. The molecule has 0 heterocycles. The van der Waals surface area contributed by atoms with Gasteiger partial charge in [0.15, 0.2) is 0 Å². The minimum atomic E-state index is -0.281. The summed E-state index contributed by atoms with van der Waals surface area (Å²) in [6.07, 6.45) is 0.918. The predicted molar refractivity (Wildman–Crippen MR) is 62.7 cm³/mol. The van der Waals surface area contributed by atoms with Crippen LogP contribution in [0, 0.1) is 0 Å². The highest BCUT2D eigenvalue weighted by atomic mass is 35.5. The van der Waals surface area contributed by atoms with Crippen molar-refractivity contribution in [2.75, 3.05) is 20.7 Å². The summed E-state index contributed by atoms with van der Waals surface area (Å²) < 4.78 is 4.64. The molecular formula is C11H16ClNO2. The Morgan fingerprint density at radius 1 is 1.47 bits per heavy atom. The first-order valence-corrected chi connectivity index (χ1v) is 4.59. The summed E-state index contributed by atoms with van der Waals surface area (Å²) in [4.78, 5) is 11.2. The number of carbonyl (C=O) groups excluding carboxylic acids is 1. The second-order valence-electron chi connectivity index (χ2n) is 3.05. The Kier molecular flexibility index (Phi) is 6.75. The van der Waals surface area contributed by atoms with Gasteiger partial charge >= 0.3 is 5.97 Å². The lowest BCUT2D eigenvalue weighted by molar-refractivity contribution is 0.0600. The highest BCUT2D eigenvalue weighted by molar-refractivity contribution is 5.89. The fourth-order valence-electron chi connectivity index (χ4n) is 1.24. The molecule has 0 amide bonds. The Hall–Kier alpha value is -1.06. The van der Waals surface area contributed by atoms with Crippen LogP contribution in [0.4, 0.5) is 0 Å². The average molecular weight is 230 g/mol. The number of likely N-dealkylation sites (N-methyl/N-ethyl adjacent to an activating group) is 1. The van der Waals surface area contributed by atoms with Crippen molar-refractivity contribution in [3.8, 4) is 0 Å². The van der Waals surface area contributed by atoms with Crippen molar-refractivity contribution in [3.63, 3.8) is 0 Å². The fraction of sp³-hybridized carbons (Fsp3) is 0.364. The van der Waals surface area contributed by atoms with Gasteiger partial charge in [-0.1, -0.05) is 12.1 Å².